The van der Waals surface area contributed by atoms with E-state index < -0.39 is 0 Å². The van der Waals surface area contributed by atoms with Crippen molar-refractivity contribution < 1.29 is 28.7 Å². The first-order chi connectivity index (χ1) is 25.3. The van der Waals surface area contributed by atoms with Gasteiger partial charge in [0.05, 0.1) is 0 Å². The van der Waals surface area contributed by atoms with E-state index in [0.717, 1.165) is 37.1 Å². The molecule has 3 fully saturated rings. The Morgan fingerprint density at radius 3 is 1.10 bits per heavy atom. The molecule has 2 saturated heterocycles. The Balaban J connectivity index is 0.933. The number of nitrogens with one attached hydrogen (secondary N) is 4. The molecule has 0 spiro atoms. The van der Waals surface area contributed by atoms with Crippen LogP contribution in [-0.4, -0.2) is 123 Å². The highest BCUT2D eigenvalue weighted by Crippen LogP contribution is 2.24. The Morgan fingerprint density at radius 2 is 0.788 bits per heavy atom. The monoisotopic (exact) mass is 720 g/mol. The number of piperazine rings is 2. The first-order valence-corrected chi connectivity index (χ1v) is 18.7. The summed E-state index contributed by atoms with van der Waals surface area (Å²) in [6.45, 7) is 6.05. The van der Waals surface area contributed by atoms with E-state index in [1.807, 2.05) is 62.6 Å². The fraction of sp³-hybridized carbons (Fsp3) is 0.579. The Bertz CT molecular complexity index is 1320. The zero-order valence-corrected chi connectivity index (χ0v) is 30.7. The Hall–Kier alpha value is -4.56. The average molecular weight is 721 g/mol. The third-order valence-electron chi connectivity index (χ3n) is 9.98. The molecule has 1 aliphatic carbocycles. The number of hydrogen-bond acceptors (Lipinski definition) is 8. The molecule has 14 heteroatoms. The number of carbonyl (C=O) groups excluding carboxylic acids is 4. The van der Waals surface area contributed by atoms with E-state index in [2.05, 4.69) is 21.3 Å². The highest BCUT2D eigenvalue weighted by Gasteiger charge is 2.30. The summed E-state index contributed by atoms with van der Waals surface area (Å²) in [5, 5.41) is 12.2. The fourth-order valence-corrected chi connectivity index (χ4v) is 6.83. The zero-order valence-electron chi connectivity index (χ0n) is 30.7. The van der Waals surface area contributed by atoms with Gasteiger partial charge in [0.1, 0.15) is 12.2 Å². The van der Waals surface area contributed by atoms with Crippen molar-refractivity contribution in [2.75, 3.05) is 66.5 Å². The second-order valence-electron chi connectivity index (χ2n) is 13.8. The van der Waals surface area contributed by atoms with Gasteiger partial charge in [-0.15, -0.1) is 0 Å². The van der Waals surface area contributed by atoms with Gasteiger partial charge in [-0.3, -0.25) is 0 Å². The van der Waals surface area contributed by atoms with Crippen LogP contribution < -0.4 is 21.3 Å². The van der Waals surface area contributed by atoms with Gasteiger partial charge >= 0.3 is 24.2 Å². The van der Waals surface area contributed by atoms with Crippen molar-refractivity contribution in [3.63, 3.8) is 0 Å². The number of carbonyl (C=O) groups is 4. The van der Waals surface area contributed by atoms with Crippen LogP contribution in [0.25, 0.3) is 0 Å². The van der Waals surface area contributed by atoms with E-state index in [9.17, 15) is 19.2 Å². The molecule has 2 aromatic carbocycles. The lowest BCUT2D eigenvalue weighted by atomic mass is 9.96. The van der Waals surface area contributed by atoms with Crippen molar-refractivity contribution in [1.82, 2.24) is 40.9 Å². The molecule has 0 bridgehead atoms. The molecule has 0 unspecified atom stereocenters. The topological polar surface area (TPSA) is 148 Å². The Kier molecular flexibility index (Phi) is 14.8. The van der Waals surface area contributed by atoms with Crippen molar-refractivity contribution in [2.45, 2.75) is 76.9 Å². The summed E-state index contributed by atoms with van der Waals surface area (Å²) < 4.78 is 11.8. The minimum absolute atomic E-state index is 0.133. The largest absolute Gasteiger partial charge is 0.446 e. The van der Waals surface area contributed by atoms with Crippen molar-refractivity contribution in [3.05, 3.63) is 70.8 Å². The number of rotatable bonds is 10. The molecule has 3 aliphatic rings. The summed E-state index contributed by atoms with van der Waals surface area (Å²) in [7, 11) is 3.82. The molecule has 14 nitrogen and oxygen atoms in total. The highest BCUT2D eigenvalue weighted by molar-refractivity contribution is 5.75. The van der Waals surface area contributed by atoms with Gasteiger partial charge in [-0.1, -0.05) is 48.5 Å². The van der Waals surface area contributed by atoms with Crippen LogP contribution >= 0.6 is 0 Å². The molecule has 52 heavy (non-hydrogen) atoms. The van der Waals surface area contributed by atoms with Crippen LogP contribution in [0, 0.1) is 0 Å². The molecular formula is C38H56N8O6. The Labute approximate surface area is 307 Å². The molecule has 0 atom stereocenters. The first kappa shape index (κ1) is 38.7. The van der Waals surface area contributed by atoms with Crippen molar-refractivity contribution in [2.24, 2.45) is 0 Å². The molecule has 0 aromatic heterocycles. The predicted octanol–water partition coefficient (Wildman–Crippen LogP) is 3.84. The molecule has 284 valence electrons. The summed E-state index contributed by atoms with van der Waals surface area (Å²) in [6, 6.07) is 16.0. The van der Waals surface area contributed by atoms with Gasteiger partial charge in [-0.2, -0.15) is 0 Å². The van der Waals surface area contributed by atoms with Gasteiger partial charge in [0, 0.05) is 78.5 Å². The third-order valence-corrected chi connectivity index (χ3v) is 9.98. The lowest BCUT2D eigenvalue weighted by molar-refractivity contribution is 0.0196. The van der Waals surface area contributed by atoms with E-state index in [4.69, 9.17) is 9.47 Å². The lowest BCUT2D eigenvalue weighted by Crippen LogP contribution is -2.53. The molecule has 2 aromatic rings. The summed E-state index contributed by atoms with van der Waals surface area (Å²) in [6.07, 6.45) is 3.41. The van der Waals surface area contributed by atoms with Gasteiger partial charge in [-0.25, -0.2) is 19.2 Å². The van der Waals surface area contributed by atoms with Crippen LogP contribution in [0.1, 0.15) is 60.8 Å². The lowest BCUT2D eigenvalue weighted by Gasteiger charge is -2.36. The van der Waals surface area contributed by atoms with Gasteiger partial charge in [-0.05, 0) is 74.9 Å². The van der Waals surface area contributed by atoms with Crippen LogP contribution in [0.5, 0.6) is 0 Å². The second-order valence-corrected chi connectivity index (χ2v) is 13.8. The van der Waals surface area contributed by atoms with Gasteiger partial charge in [0.15, 0.2) is 0 Å². The number of ether oxygens (including phenoxy) is 2. The SMILES string of the molecule is CNCc1ccc(CNC(=O)N2CCN(C(=O)OC3CCCC(OC(=O)N4CCN(C(=O)NCc5ccc(CNC)cc5)CC4)CCC3)CC2)cc1. The van der Waals surface area contributed by atoms with E-state index in [0.29, 0.717) is 91.1 Å². The normalized spacial score (nSPS) is 19.7. The first-order valence-electron chi connectivity index (χ1n) is 18.7. The molecule has 6 amide bonds. The predicted molar refractivity (Wildman–Crippen MR) is 197 cm³/mol. The van der Waals surface area contributed by atoms with Crippen molar-refractivity contribution in [1.29, 1.82) is 0 Å². The summed E-state index contributed by atoms with van der Waals surface area (Å²) in [5.74, 6) is 0. The molecule has 2 heterocycles. The van der Waals surface area contributed by atoms with Crippen molar-refractivity contribution >= 4 is 24.2 Å². The van der Waals surface area contributed by atoms with E-state index in [1.54, 1.807) is 19.6 Å². The van der Waals surface area contributed by atoms with Crippen LogP contribution in [0.15, 0.2) is 48.5 Å². The van der Waals surface area contributed by atoms with E-state index in [-0.39, 0.29) is 36.5 Å². The molecule has 4 N–H and O–H groups in total. The number of nitrogens with zero attached hydrogens (tertiary/aromatic N) is 4. The van der Waals surface area contributed by atoms with Crippen LogP contribution in [0.4, 0.5) is 19.2 Å². The Morgan fingerprint density at radius 1 is 0.500 bits per heavy atom. The second kappa shape index (κ2) is 19.9. The summed E-state index contributed by atoms with van der Waals surface area (Å²) >= 11 is 0. The average Bonchev–Trinajstić information content (AvgIpc) is 3.16. The molecular weight excluding hydrogens is 664 g/mol. The number of benzene rings is 2. The maximum absolute atomic E-state index is 13.0. The molecule has 0 radical (unpaired) electrons. The van der Waals surface area contributed by atoms with E-state index in [1.165, 1.54) is 11.1 Å². The van der Waals surface area contributed by atoms with E-state index >= 15 is 0 Å². The fourth-order valence-electron chi connectivity index (χ4n) is 6.83. The van der Waals surface area contributed by atoms with Gasteiger partial charge < -0.3 is 50.3 Å². The van der Waals surface area contributed by atoms with Gasteiger partial charge in [0.2, 0.25) is 0 Å². The molecule has 2 aliphatic heterocycles. The standard InChI is InChI=1S/C38H56N8O6/c1-39-25-29-9-13-31(14-10-29)27-41-35(47)43-17-21-45(22-18-43)37(49)51-33-5-3-7-34(8-4-6-33)52-38(50)46-23-19-44(20-24-46)36(48)42-28-32-15-11-30(12-16-32)26-40-2/h9-16,33-34,39-40H,3-8,17-28H2,1-2H3,(H,41,47)(H,42,48). The maximum atomic E-state index is 13.0. The van der Waals surface area contributed by atoms with Crippen molar-refractivity contribution in [3.8, 4) is 0 Å². The molecule has 5 rings (SSSR count). The number of urea groups is 2. The number of hydrogen-bond donors (Lipinski definition) is 4. The minimum Gasteiger partial charge on any atom is -0.446 e. The number of amides is 6. The quantitative estimate of drug-likeness (QED) is 0.290. The van der Waals surface area contributed by atoms with Gasteiger partial charge in [0.25, 0.3) is 0 Å². The molecule has 1 saturated carbocycles. The van der Waals surface area contributed by atoms with Crippen LogP contribution in [-0.2, 0) is 35.7 Å². The zero-order chi connectivity index (χ0) is 36.7. The van der Waals surface area contributed by atoms with Crippen LogP contribution in [0.2, 0.25) is 0 Å². The third kappa shape index (κ3) is 11.7. The maximum Gasteiger partial charge on any atom is 0.410 e. The summed E-state index contributed by atoms with van der Waals surface area (Å²) in [4.78, 5) is 58.3. The minimum atomic E-state index is -0.332. The summed E-state index contributed by atoms with van der Waals surface area (Å²) in [5.41, 5.74) is 4.45. The van der Waals surface area contributed by atoms with Crippen LogP contribution in [0.3, 0.4) is 0 Å². The smallest absolute Gasteiger partial charge is 0.410 e. The highest BCUT2D eigenvalue weighted by atomic mass is 16.6.